The Bertz CT molecular complexity index is 1180. The summed E-state index contributed by atoms with van der Waals surface area (Å²) in [6.45, 7) is 2.72. The molecule has 142 valence electrons. The lowest BCUT2D eigenvalue weighted by atomic mass is 10.1. The van der Waals surface area contributed by atoms with Gasteiger partial charge in [0.2, 0.25) is 0 Å². The minimum absolute atomic E-state index is 0.105. The molecule has 0 saturated carbocycles. The molecule has 0 aliphatic heterocycles. The Kier molecular flexibility index (Phi) is 5.58. The second-order valence-corrected chi connectivity index (χ2v) is 7.92. The quantitative estimate of drug-likeness (QED) is 0.635. The van der Waals surface area contributed by atoms with E-state index in [1.54, 1.807) is 25.1 Å². The number of fused-ring (bicyclic) bond motifs is 1. The van der Waals surface area contributed by atoms with E-state index in [9.17, 15) is 19.5 Å². The molecule has 0 saturated heterocycles. The second-order valence-electron chi connectivity index (χ2n) is 6.08. The van der Waals surface area contributed by atoms with E-state index in [2.05, 4.69) is 0 Å². The Balaban J connectivity index is 2.36. The fourth-order valence-electron chi connectivity index (χ4n) is 2.99. The van der Waals surface area contributed by atoms with Crippen molar-refractivity contribution in [2.45, 2.75) is 26.9 Å². The Morgan fingerprint density at radius 2 is 1.93 bits per heavy atom. The topological polar surface area (TPSA) is 81.3 Å². The summed E-state index contributed by atoms with van der Waals surface area (Å²) in [5.74, 6) is -0.176. The number of nitrogens with zero attached hydrogens (tertiary/aromatic N) is 2. The molecule has 3 rings (SSSR count). The van der Waals surface area contributed by atoms with Crippen LogP contribution >= 0.6 is 34.5 Å². The van der Waals surface area contributed by atoms with Crippen LogP contribution in [0.2, 0.25) is 10.0 Å². The van der Waals surface area contributed by atoms with Gasteiger partial charge in [0, 0.05) is 10.0 Å². The molecule has 9 heteroatoms. The monoisotopic (exact) mass is 426 g/mol. The minimum Gasteiger partial charge on any atom is -0.395 e. The van der Waals surface area contributed by atoms with Crippen molar-refractivity contribution in [3.05, 3.63) is 65.1 Å². The van der Waals surface area contributed by atoms with E-state index in [1.807, 2.05) is 0 Å². The van der Waals surface area contributed by atoms with Gasteiger partial charge in [-0.25, -0.2) is 4.79 Å². The predicted molar refractivity (Wildman–Crippen MR) is 108 cm³/mol. The van der Waals surface area contributed by atoms with Crippen molar-refractivity contribution in [1.82, 2.24) is 9.13 Å². The van der Waals surface area contributed by atoms with Gasteiger partial charge in [-0.05, 0) is 37.1 Å². The highest BCUT2D eigenvalue weighted by Gasteiger charge is 2.22. The van der Waals surface area contributed by atoms with E-state index in [1.165, 1.54) is 11.5 Å². The maximum atomic E-state index is 12.9. The van der Waals surface area contributed by atoms with Gasteiger partial charge in [-0.1, -0.05) is 29.3 Å². The third-order valence-electron chi connectivity index (χ3n) is 4.28. The zero-order valence-electron chi connectivity index (χ0n) is 14.6. The molecule has 0 spiro atoms. The van der Waals surface area contributed by atoms with Crippen molar-refractivity contribution in [2.75, 3.05) is 6.61 Å². The molecule has 2 aromatic heterocycles. The van der Waals surface area contributed by atoms with Gasteiger partial charge in [0.15, 0.2) is 5.78 Å². The maximum absolute atomic E-state index is 12.9. The van der Waals surface area contributed by atoms with E-state index in [4.69, 9.17) is 23.2 Å². The smallest absolute Gasteiger partial charge is 0.332 e. The third-order valence-corrected chi connectivity index (χ3v) is 6.28. The van der Waals surface area contributed by atoms with Gasteiger partial charge < -0.3 is 5.11 Å². The van der Waals surface area contributed by atoms with Crippen molar-refractivity contribution in [1.29, 1.82) is 0 Å². The number of aliphatic hydroxyl groups is 1. The summed E-state index contributed by atoms with van der Waals surface area (Å²) >= 11 is 13.3. The summed E-state index contributed by atoms with van der Waals surface area (Å²) in [5.41, 5.74) is 0.108. The van der Waals surface area contributed by atoms with Crippen LogP contribution in [0.5, 0.6) is 0 Å². The number of carbonyl (C=O) groups is 1. The van der Waals surface area contributed by atoms with Crippen LogP contribution in [0.15, 0.2) is 27.8 Å². The van der Waals surface area contributed by atoms with E-state index < -0.39 is 11.2 Å². The van der Waals surface area contributed by atoms with Crippen LogP contribution in [0.3, 0.4) is 0 Å². The van der Waals surface area contributed by atoms with Crippen LogP contribution < -0.4 is 11.2 Å². The van der Waals surface area contributed by atoms with Crippen LogP contribution in [-0.4, -0.2) is 26.6 Å². The Morgan fingerprint density at radius 1 is 1.22 bits per heavy atom. The summed E-state index contributed by atoms with van der Waals surface area (Å²) < 4.78 is 2.39. The van der Waals surface area contributed by atoms with Crippen molar-refractivity contribution in [2.24, 2.45) is 0 Å². The van der Waals surface area contributed by atoms with Crippen LogP contribution in [0.4, 0.5) is 0 Å². The molecule has 0 unspecified atom stereocenters. The first kappa shape index (κ1) is 19.8. The van der Waals surface area contributed by atoms with Gasteiger partial charge in [0.25, 0.3) is 5.56 Å². The molecule has 0 radical (unpaired) electrons. The minimum atomic E-state index is -0.566. The number of thiophene rings is 1. The molecular weight excluding hydrogens is 411 g/mol. The normalized spacial score (nSPS) is 11.3. The highest BCUT2D eigenvalue weighted by Crippen LogP contribution is 2.29. The molecule has 6 nitrogen and oxygen atoms in total. The first-order chi connectivity index (χ1) is 12.8. The van der Waals surface area contributed by atoms with Crippen molar-refractivity contribution >= 4 is 50.5 Å². The van der Waals surface area contributed by atoms with Gasteiger partial charge >= 0.3 is 5.69 Å². The number of hydrogen-bond acceptors (Lipinski definition) is 5. The molecule has 27 heavy (non-hydrogen) atoms. The molecular formula is C18H16Cl2N2O4S. The van der Waals surface area contributed by atoms with Gasteiger partial charge in [-0.15, -0.1) is 11.3 Å². The van der Waals surface area contributed by atoms with E-state index in [0.717, 1.165) is 15.9 Å². The number of hydrogen-bond donors (Lipinski definition) is 1. The summed E-state index contributed by atoms with van der Waals surface area (Å²) in [6.07, 6.45) is 0. The number of ketones is 1. The van der Waals surface area contributed by atoms with Crippen LogP contribution in [0, 0.1) is 6.92 Å². The maximum Gasteiger partial charge on any atom is 0.332 e. The highest BCUT2D eigenvalue weighted by atomic mass is 35.5. The lowest BCUT2D eigenvalue weighted by Gasteiger charge is -2.12. The standard InChI is InChI=1S/C18H16Cl2N2O4S/c1-9-14-16(25)21(5-6-23)18(26)22(17(14)27-15(9)10(2)24)8-11-3-4-12(19)7-13(11)20/h3-4,7,23H,5-6,8H2,1-2H3. The zero-order chi connectivity index (χ0) is 19.9. The first-order valence-corrected chi connectivity index (χ1v) is 9.66. The molecule has 3 aromatic rings. The number of aromatic nitrogens is 2. The lowest BCUT2D eigenvalue weighted by molar-refractivity contribution is 0.102. The fraction of sp³-hybridized carbons (Fsp3) is 0.278. The summed E-state index contributed by atoms with van der Waals surface area (Å²) in [7, 11) is 0. The summed E-state index contributed by atoms with van der Waals surface area (Å²) in [6, 6.07) is 4.94. The first-order valence-electron chi connectivity index (χ1n) is 8.08. The van der Waals surface area contributed by atoms with Gasteiger partial charge in [0.05, 0.1) is 30.0 Å². The Labute approximate surface area is 168 Å². The Hall–Kier alpha value is -1.93. The predicted octanol–water partition coefficient (Wildman–Crippen LogP) is 3.08. The van der Waals surface area contributed by atoms with Gasteiger partial charge in [-0.2, -0.15) is 0 Å². The average Bonchev–Trinajstić information content (AvgIpc) is 2.95. The molecule has 0 aliphatic carbocycles. The van der Waals surface area contributed by atoms with Crippen LogP contribution in [0.1, 0.15) is 27.7 Å². The van der Waals surface area contributed by atoms with E-state index in [0.29, 0.717) is 36.3 Å². The number of rotatable bonds is 5. The van der Waals surface area contributed by atoms with Crippen LogP contribution in [0.25, 0.3) is 10.2 Å². The van der Waals surface area contributed by atoms with Crippen molar-refractivity contribution in [3.8, 4) is 0 Å². The lowest BCUT2D eigenvalue weighted by Crippen LogP contribution is -2.40. The molecule has 0 aliphatic rings. The largest absolute Gasteiger partial charge is 0.395 e. The number of aliphatic hydroxyl groups excluding tert-OH is 1. The van der Waals surface area contributed by atoms with Crippen LogP contribution in [-0.2, 0) is 13.1 Å². The van der Waals surface area contributed by atoms with Gasteiger partial charge in [-0.3, -0.25) is 18.7 Å². The third kappa shape index (κ3) is 3.48. The molecule has 1 N–H and O–H groups in total. The van der Waals surface area contributed by atoms with Crippen molar-refractivity contribution < 1.29 is 9.90 Å². The fourth-order valence-corrected chi connectivity index (χ4v) is 4.64. The SMILES string of the molecule is CC(=O)c1sc2c(c1C)c(=O)n(CCO)c(=O)n2Cc1ccc(Cl)cc1Cl. The summed E-state index contributed by atoms with van der Waals surface area (Å²) in [5, 5.41) is 10.4. The zero-order valence-corrected chi connectivity index (χ0v) is 16.9. The molecule has 0 amide bonds. The highest BCUT2D eigenvalue weighted by molar-refractivity contribution is 7.20. The number of benzene rings is 1. The molecule has 1 aromatic carbocycles. The summed E-state index contributed by atoms with van der Waals surface area (Å²) in [4.78, 5) is 38.5. The number of Topliss-reactive ketones (excluding diaryl/α,β-unsaturated/α-hetero) is 1. The second kappa shape index (κ2) is 7.59. The molecule has 2 heterocycles. The van der Waals surface area contributed by atoms with E-state index in [-0.39, 0.29) is 25.5 Å². The molecule has 0 bridgehead atoms. The molecule has 0 atom stereocenters. The molecule has 0 fully saturated rings. The number of carbonyl (C=O) groups excluding carboxylic acids is 1. The number of aryl methyl sites for hydroxylation is 1. The van der Waals surface area contributed by atoms with Crippen molar-refractivity contribution in [3.63, 3.8) is 0 Å². The van der Waals surface area contributed by atoms with E-state index >= 15 is 0 Å². The van der Waals surface area contributed by atoms with Gasteiger partial charge in [0.1, 0.15) is 4.83 Å². The number of halogens is 2. The Morgan fingerprint density at radius 3 is 2.52 bits per heavy atom. The average molecular weight is 427 g/mol.